The zero-order valence-electron chi connectivity index (χ0n) is 7.23. The Labute approximate surface area is 77.0 Å². The van der Waals surface area contributed by atoms with Crippen LogP contribution >= 0.6 is 0 Å². The lowest BCUT2D eigenvalue weighted by Crippen LogP contribution is -2.05. The molecule has 1 amide bonds. The molecule has 3 heteroatoms. The molecule has 0 atom stereocenters. The van der Waals surface area contributed by atoms with Crippen LogP contribution in [0.5, 0.6) is 0 Å². The number of nitrogens with two attached hydrogens (primary N) is 2. The standard InChI is InChI=1S/C10H12N2O/c11-7-9-4-2-1-3-8(9)5-6-10(12)13/h1-6H,7,11H2,(H2,12,13). The van der Waals surface area contributed by atoms with E-state index in [0.717, 1.165) is 11.1 Å². The lowest BCUT2D eigenvalue weighted by molar-refractivity contribution is -0.113. The Morgan fingerprint density at radius 3 is 2.69 bits per heavy atom. The van der Waals surface area contributed by atoms with Crippen molar-refractivity contribution in [3.05, 3.63) is 41.5 Å². The van der Waals surface area contributed by atoms with Crippen molar-refractivity contribution in [1.82, 2.24) is 0 Å². The topological polar surface area (TPSA) is 69.1 Å². The van der Waals surface area contributed by atoms with E-state index in [1.54, 1.807) is 6.08 Å². The summed E-state index contributed by atoms with van der Waals surface area (Å²) in [6.45, 7) is 0.458. The van der Waals surface area contributed by atoms with Crippen LogP contribution < -0.4 is 11.5 Å². The van der Waals surface area contributed by atoms with Crippen molar-refractivity contribution in [3.8, 4) is 0 Å². The Hall–Kier alpha value is -1.61. The number of primary amides is 1. The fourth-order valence-electron chi connectivity index (χ4n) is 1.05. The lowest BCUT2D eigenvalue weighted by atomic mass is 10.1. The summed E-state index contributed by atoms with van der Waals surface area (Å²) in [5.41, 5.74) is 12.4. The first-order chi connectivity index (χ1) is 6.24. The van der Waals surface area contributed by atoms with E-state index >= 15 is 0 Å². The third kappa shape index (κ3) is 2.72. The summed E-state index contributed by atoms with van der Waals surface area (Å²) >= 11 is 0. The first-order valence-electron chi connectivity index (χ1n) is 3.99. The molecule has 13 heavy (non-hydrogen) atoms. The number of hydrogen-bond acceptors (Lipinski definition) is 2. The maximum atomic E-state index is 10.5. The maximum Gasteiger partial charge on any atom is 0.241 e. The van der Waals surface area contributed by atoms with Gasteiger partial charge in [-0.1, -0.05) is 24.3 Å². The Kier molecular flexibility index (Phi) is 3.23. The van der Waals surface area contributed by atoms with E-state index in [4.69, 9.17) is 11.5 Å². The molecule has 1 aromatic carbocycles. The lowest BCUT2D eigenvalue weighted by Gasteiger charge is -2.00. The van der Waals surface area contributed by atoms with Gasteiger partial charge in [-0.2, -0.15) is 0 Å². The minimum Gasteiger partial charge on any atom is -0.366 e. The average Bonchev–Trinajstić information content (AvgIpc) is 2.15. The molecule has 0 aliphatic heterocycles. The smallest absolute Gasteiger partial charge is 0.241 e. The molecule has 0 unspecified atom stereocenters. The van der Waals surface area contributed by atoms with Crippen LogP contribution in [0.25, 0.3) is 6.08 Å². The number of carbonyl (C=O) groups is 1. The second kappa shape index (κ2) is 4.42. The molecule has 0 aliphatic rings. The molecular weight excluding hydrogens is 164 g/mol. The van der Waals surface area contributed by atoms with E-state index in [1.165, 1.54) is 6.08 Å². The van der Waals surface area contributed by atoms with Gasteiger partial charge in [0.15, 0.2) is 0 Å². The SMILES string of the molecule is NCc1ccccc1C=CC(N)=O. The van der Waals surface area contributed by atoms with E-state index in [1.807, 2.05) is 24.3 Å². The van der Waals surface area contributed by atoms with Gasteiger partial charge in [-0.25, -0.2) is 0 Å². The third-order valence-electron chi connectivity index (χ3n) is 1.70. The van der Waals surface area contributed by atoms with E-state index in [2.05, 4.69) is 0 Å². The molecule has 68 valence electrons. The van der Waals surface area contributed by atoms with Crippen LogP contribution in [-0.4, -0.2) is 5.91 Å². The van der Waals surface area contributed by atoms with Crippen LogP contribution in [-0.2, 0) is 11.3 Å². The zero-order chi connectivity index (χ0) is 9.68. The molecule has 0 aliphatic carbocycles. The van der Waals surface area contributed by atoms with Gasteiger partial charge in [-0.3, -0.25) is 4.79 Å². The number of benzene rings is 1. The fourth-order valence-corrected chi connectivity index (χ4v) is 1.05. The highest BCUT2D eigenvalue weighted by atomic mass is 16.1. The Morgan fingerprint density at radius 2 is 2.08 bits per heavy atom. The summed E-state index contributed by atoms with van der Waals surface area (Å²) < 4.78 is 0. The molecule has 0 saturated heterocycles. The van der Waals surface area contributed by atoms with E-state index < -0.39 is 5.91 Å². The molecule has 4 N–H and O–H groups in total. The van der Waals surface area contributed by atoms with E-state index in [9.17, 15) is 4.79 Å². The van der Waals surface area contributed by atoms with Crippen LogP contribution in [0.2, 0.25) is 0 Å². The van der Waals surface area contributed by atoms with Crippen molar-refractivity contribution in [3.63, 3.8) is 0 Å². The fraction of sp³-hybridized carbons (Fsp3) is 0.100. The number of rotatable bonds is 3. The number of amides is 1. The molecule has 0 radical (unpaired) electrons. The van der Waals surface area contributed by atoms with Crippen LogP contribution in [0.15, 0.2) is 30.3 Å². The molecule has 0 spiro atoms. The van der Waals surface area contributed by atoms with Gasteiger partial charge in [-0.15, -0.1) is 0 Å². The van der Waals surface area contributed by atoms with Crippen molar-refractivity contribution in [2.45, 2.75) is 6.54 Å². The molecular formula is C10H12N2O. The van der Waals surface area contributed by atoms with Gasteiger partial charge in [0.05, 0.1) is 0 Å². The largest absolute Gasteiger partial charge is 0.366 e. The average molecular weight is 176 g/mol. The van der Waals surface area contributed by atoms with Crippen molar-refractivity contribution >= 4 is 12.0 Å². The van der Waals surface area contributed by atoms with Crippen LogP contribution in [0.4, 0.5) is 0 Å². The van der Waals surface area contributed by atoms with Gasteiger partial charge in [0.1, 0.15) is 0 Å². The van der Waals surface area contributed by atoms with Crippen molar-refractivity contribution < 1.29 is 4.79 Å². The van der Waals surface area contributed by atoms with Gasteiger partial charge in [0.2, 0.25) is 5.91 Å². The van der Waals surface area contributed by atoms with Crippen molar-refractivity contribution in [2.75, 3.05) is 0 Å². The second-order valence-electron chi connectivity index (χ2n) is 2.64. The normalized spacial score (nSPS) is 10.5. The molecule has 0 fully saturated rings. The minimum atomic E-state index is -0.452. The monoisotopic (exact) mass is 176 g/mol. The first-order valence-corrected chi connectivity index (χ1v) is 3.99. The number of hydrogen-bond donors (Lipinski definition) is 2. The van der Waals surface area contributed by atoms with Crippen LogP contribution in [0.3, 0.4) is 0 Å². The Morgan fingerprint density at radius 1 is 1.38 bits per heavy atom. The highest BCUT2D eigenvalue weighted by molar-refractivity contribution is 5.90. The molecule has 0 saturated carbocycles. The summed E-state index contributed by atoms with van der Waals surface area (Å²) in [4.78, 5) is 10.5. The molecule has 3 nitrogen and oxygen atoms in total. The predicted molar refractivity (Wildman–Crippen MR) is 52.6 cm³/mol. The second-order valence-corrected chi connectivity index (χ2v) is 2.64. The minimum absolute atomic E-state index is 0.452. The van der Waals surface area contributed by atoms with Gasteiger partial charge in [0.25, 0.3) is 0 Å². The van der Waals surface area contributed by atoms with Gasteiger partial charge >= 0.3 is 0 Å². The highest BCUT2D eigenvalue weighted by Gasteiger charge is 1.94. The summed E-state index contributed by atoms with van der Waals surface area (Å²) in [7, 11) is 0. The van der Waals surface area contributed by atoms with Crippen LogP contribution in [0.1, 0.15) is 11.1 Å². The van der Waals surface area contributed by atoms with Crippen LogP contribution in [0, 0.1) is 0 Å². The van der Waals surface area contributed by atoms with Gasteiger partial charge in [0, 0.05) is 12.6 Å². The third-order valence-corrected chi connectivity index (χ3v) is 1.70. The highest BCUT2D eigenvalue weighted by Crippen LogP contribution is 2.09. The zero-order valence-corrected chi connectivity index (χ0v) is 7.23. The molecule has 0 aromatic heterocycles. The summed E-state index contributed by atoms with van der Waals surface area (Å²) in [5, 5.41) is 0. The van der Waals surface area contributed by atoms with Crippen molar-refractivity contribution in [1.29, 1.82) is 0 Å². The van der Waals surface area contributed by atoms with E-state index in [0.29, 0.717) is 6.54 Å². The predicted octanol–water partition coefficient (Wildman–Crippen LogP) is 0.644. The first kappa shape index (κ1) is 9.48. The molecule has 1 aromatic rings. The summed E-state index contributed by atoms with van der Waals surface area (Å²) in [6.07, 6.45) is 3.00. The van der Waals surface area contributed by atoms with E-state index in [-0.39, 0.29) is 0 Å². The quantitative estimate of drug-likeness (QED) is 0.664. The molecule has 1 rings (SSSR count). The van der Waals surface area contributed by atoms with Crippen molar-refractivity contribution in [2.24, 2.45) is 11.5 Å². The summed E-state index contributed by atoms with van der Waals surface area (Å²) in [6, 6.07) is 7.60. The maximum absolute atomic E-state index is 10.5. The molecule has 0 bridgehead atoms. The van der Waals surface area contributed by atoms with Gasteiger partial charge in [-0.05, 0) is 17.2 Å². The summed E-state index contributed by atoms with van der Waals surface area (Å²) in [5.74, 6) is -0.452. The number of carbonyl (C=O) groups excluding carboxylic acids is 1. The Bertz CT molecular complexity index is 331. The van der Waals surface area contributed by atoms with Gasteiger partial charge < -0.3 is 11.5 Å². The Balaban J connectivity index is 2.93. The molecule has 0 heterocycles.